The third-order valence-electron chi connectivity index (χ3n) is 1.91. The summed E-state index contributed by atoms with van der Waals surface area (Å²) in [5, 5.41) is 8.86. The van der Waals surface area contributed by atoms with Gasteiger partial charge in [-0.2, -0.15) is 0 Å². The summed E-state index contributed by atoms with van der Waals surface area (Å²) in [5.74, 6) is -1.51. The number of carboxylic acid groups (broad SMARTS) is 1. The second-order valence-corrected chi connectivity index (χ2v) is 3.36. The molecule has 0 aromatic heterocycles. The Morgan fingerprint density at radius 3 is 2.60 bits per heavy atom. The first-order valence-corrected chi connectivity index (χ1v) is 4.60. The normalized spacial score (nSPS) is 10.5. The van der Waals surface area contributed by atoms with Crippen LogP contribution in [0, 0.1) is 6.92 Å². The number of benzene rings is 1. The molecule has 0 aliphatic rings. The Bertz CT molecular complexity index is 435. The van der Waals surface area contributed by atoms with Gasteiger partial charge in [0.15, 0.2) is 5.78 Å². The number of carbonyl (C=O) groups excluding carboxylic acids is 1. The lowest BCUT2D eigenvalue weighted by Crippen LogP contribution is -1.99. The molecule has 0 saturated carbocycles. The Morgan fingerprint density at radius 1 is 1.33 bits per heavy atom. The van der Waals surface area contributed by atoms with E-state index in [4.69, 9.17) is 16.7 Å². The van der Waals surface area contributed by atoms with Crippen molar-refractivity contribution in [3.8, 4) is 0 Å². The Labute approximate surface area is 92.0 Å². The number of hydrogen-bond acceptors (Lipinski definition) is 2. The molecule has 0 bridgehead atoms. The molecule has 15 heavy (non-hydrogen) atoms. The number of hydrogen-bond donors (Lipinski definition) is 1. The third kappa shape index (κ3) is 2.92. The molecule has 0 amide bonds. The maximum atomic E-state index is 11.5. The van der Waals surface area contributed by atoms with Crippen LogP contribution < -0.4 is 0 Å². The number of carboxylic acids is 1. The van der Waals surface area contributed by atoms with Crippen molar-refractivity contribution in [1.29, 1.82) is 0 Å². The molecule has 0 heterocycles. The number of halogens is 1. The Morgan fingerprint density at radius 2 is 2.00 bits per heavy atom. The zero-order valence-electron chi connectivity index (χ0n) is 8.03. The molecular weight excluding hydrogens is 216 g/mol. The van der Waals surface area contributed by atoms with E-state index < -0.39 is 5.97 Å². The summed E-state index contributed by atoms with van der Waals surface area (Å²) in [6, 6.07) is 4.93. The number of carbonyl (C=O) groups is 2. The Kier molecular flexibility index (Phi) is 3.63. The molecule has 0 radical (unpaired) electrons. The molecule has 0 saturated heterocycles. The first-order chi connectivity index (χ1) is 7.02. The molecule has 0 fully saturated rings. The average Bonchev–Trinajstić information content (AvgIpc) is 2.18. The van der Waals surface area contributed by atoms with Crippen molar-refractivity contribution in [2.45, 2.75) is 6.92 Å². The minimum atomic E-state index is -1.15. The summed E-state index contributed by atoms with van der Waals surface area (Å²) in [7, 11) is 0. The molecule has 0 atom stereocenters. The fourth-order valence-electron chi connectivity index (χ4n) is 1.11. The van der Waals surface area contributed by atoms with Crippen LogP contribution >= 0.6 is 11.6 Å². The second kappa shape index (κ2) is 4.75. The van der Waals surface area contributed by atoms with E-state index in [2.05, 4.69) is 0 Å². The highest BCUT2D eigenvalue weighted by Gasteiger charge is 2.07. The summed E-state index contributed by atoms with van der Waals surface area (Å²) in [6.07, 6.45) is 1.82. The van der Waals surface area contributed by atoms with E-state index in [0.717, 1.165) is 12.2 Å². The van der Waals surface area contributed by atoms with Crippen molar-refractivity contribution in [2.75, 3.05) is 0 Å². The van der Waals surface area contributed by atoms with E-state index in [9.17, 15) is 9.59 Å². The Hall–Kier alpha value is -1.61. The summed E-state index contributed by atoms with van der Waals surface area (Å²) in [4.78, 5) is 21.7. The molecule has 0 unspecified atom stereocenters. The SMILES string of the molecule is Cc1c(Cl)cccc1C(=O)C=CC(=O)O. The van der Waals surface area contributed by atoms with Gasteiger partial charge in [-0.3, -0.25) is 4.79 Å². The van der Waals surface area contributed by atoms with Gasteiger partial charge in [-0.1, -0.05) is 23.7 Å². The van der Waals surface area contributed by atoms with Gasteiger partial charge in [0.05, 0.1) is 0 Å². The van der Waals surface area contributed by atoms with E-state index in [1.807, 2.05) is 0 Å². The summed E-state index contributed by atoms with van der Waals surface area (Å²) in [5.41, 5.74) is 1.07. The van der Waals surface area contributed by atoms with Gasteiger partial charge in [0.1, 0.15) is 0 Å². The van der Waals surface area contributed by atoms with Gasteiger partial charge in [0.2, 0.25) is 0 Å². The number of aliphatic carboxylic acids is 1. The van der Waals surface area contributed by atoms with Gasteiger partial charge in [-0.25, -0.2) is 4.79 Å². The lowest BCUT2D eigenvalue weighted by molar-refractivity contribution is -0.131. The number of rotatable bonds is 3. The highest BCUT2D eigenvalue weighted by Crippen LogP contribution is 2.19. The Balaban J connectivity index is 3.02. The maximum absolute atomic E-state index is 11.5. The van der Waals surface area contributed by atoms with Crippen LogP contribution in [0.3, 0.4) is 0 Å². The van der Waals surface area contributed by atoms with Crippen LogP contribution in [0.2, 0.25) is 5.02 Å². The number of ketones is 1. The van der Waals surface area contributed by atoms with Crippen LogP contribution in [-0.4, -0.2) is 16.9 Å². The van der Waals surface area contributed by atoms with E-state index in [-0.39, 0.29) is 5.78 Å². The monoisotopic (exact) mass is 224 g/mol. The lowest BCUT2D eigenvalue weighted by atomic mass is 10.0. The fourth-order valence-corrected chi connectivity index (χ4v) is 1.29. The van der Waals surface area contributed by atoms with E-state index in [1.165, 1.54) is 0 Å². The number of allylic oxidation sites excluding steroid dienone is 1. The average molecular weight is 225 g/mol. The summed E-state index contributed by atoms with van der Waals surface area (Å²) < 4.78 is 0. The van der Waals surface area contributed by atoms with Crippen LogP contribution in [0.4, 0.5) is 0 Å². The van der Waals surface area contributed by atoms with Crippen LogP contribution in [0.25, 0.3) is 0 Å². The molecule has 4 heteroatoms. The fraction of sp³-hybridized carbons (Fsp3) is 0.0909. The van der Waals surface area contributed by atoms with Gasteiger partial charge in [0.25, 0.3) is 0 Å². The van der Waals surface area contributed by atoms with Gasteiger partial charge >= 0.3 is 5.97 Å². The van der Waals surface area contributed by atoms with Gasteiger partial charge in [-0.05, 0) is 24.6 Å². The molecule has 0 spiro atoms. The predicted octanol–water partition coefficient (Wildman–Crippen LogP) is 2.47. The van der Waals surface area contributed by atoms with Gasteiger partial charge in [-0.15, -0.1) is 0 Å². The van der Waals surface area contributed by atoms with Crippen molar-refractivity contribution in [2.24, 2.45) is 0 Å². The summed E-state index contributed by atoms with van der Waals surface area (Å²) >= 11 is 5.83. The zero-order chi connectivity index (χ0) is 11.4. The highest BCUT2D eigenvalue weighted by molar-refractivity contribution is 6.32. The van der Waals surface area contributed by atoms with Crippen molar-refractivity contribution in [3.05, 3.63) is 46.5 Å². The molecule has 3 nitrogen and oxygen atoms in total. The minimum Gasteiger partial charge on any atom is -0.478 e. The van der Waals surface area contributed by atoms with Crippen molar-refractivity contribution in [1.82, 2.24) is 0 Å². The first-order valence-electron chi connectivity index (χ1n) is 4.23. The molecule has 1 aromatic rings. The third-order valence-corrected chi connectivity index (χ3v) is 2.32. The molecular formula is C11H9ClO3. The highest BCUT2D eigenvalue weighted by atomic mass is 35.5. The van der Waals surface area contributed by atoms with Crippen LogP contribution in [0.5, 0.6) is 0 Å². The molecule has 0 aliphatic carbocycles. The van der Waals surface area contributed by atoms with Gasteiger partial charge < -0.3 is 5.11 Å². The molecule has 1 aromatic carbocycles. The second-order valence-electron chi connectivity index (χ2n) is 2.95. The maximum Gasteiger partial charge on any atom is 0.328 e. The standard InChI is InChI=1S/C11H9ClO3/c1-7-8(3-2-4-9(7)12)10(13)5-6-11(14)15/h2-6H,1H3,(H,14,15). The van der Waals surface area contributed by atoms with Crippen LogP contribution in [-0.2, 0) is 4.79 Å². The zero-order valence-corrected chi connectivity index (χ0v) is 8.78. The topological polar surface area (TPSA) is 54.4 Å². The largest absolute Gasteiger partial charge is 0.478 e. The quantitative estimate of drug-likeness (QED) is 0.634. The predicted molar refractivity (Wildman–Crippen MR) is 57.3 cm³/mol. The minimum absolute atomic E-state index is 0.364. The van der Waals surface area contributed by atoms with Crippen LogP contribution in [0.1, 0.15) is 15.9 Å². The van der Waals surface area contributed by atoms with Crippen molar-refractivity contribution < 1.29 is 14.7 Å². The lowest BCUT2D eigenvalue weighted by Gasteiger charge is -2.02. The van der Waals surface area contributed by atoms with E-state index in [1.54, 1.807) is 25.1 Å². The molecule has 78 valence electrons. The van der Waals surface area contributed by atoms with Crippen molar-refractivity contribution in [3.63, 3.8) is 0 Å². The van der Waals surface area contributed by atoms with Crippen LogP contribution in [0.15, 0.2) is 30.4 Å². The van der Waals surface area contributed by atoms with Gasteiger partial charge in [0, 0.05) is 16.7 Å². The van der Waals surface area contributed by atoms with E-state index >= 15 is 0 Å². The van der Waals surface area contributed by atoms with E-state index in [0.29, 0.717) is 16.1 Å². The molecule has 1 rings (SSSR count). The summed E-state index contributed by atoms with van der Waals surface area (Å²) in [6.45, 7) is 1.71. The molecule has 1 N–H and O–H groups in total. The first kappa shape index (κ1) is 11.5. The molecule has 0 aliphatic heterocycles. The smallest absolute Gasteiger partial charge is 0.328 e. The van der Waals surface area contributed by atoms with Crippen molar-refractivity contribution >= 4 is 23.4 Å².